The first-order valence-electron chi connectivity index (χ1n) is 7.42. The van der Waals surface area contributed by atoms with E-state index >= 15 is 0 Å². The molecule has 114 valence electrons. The van der Waals surface area contributed by atoms with Crippen molar-refractivity contribution in [3.8, 4) is 0 Å². The van der Waals surface area contributed by atoms with Crippen molar-refractivity contribution in [1.29, 1.82) is 0 Å². The molecule has 0 bridgehead atoms. The van der Waals surface area contributed by atoms with Crippen LogP contribution in [0.25, 0.3) is 0 Å². The third-order valence-electron chi connectivity index (χ3n) is 4.51. The fourth-order valence-electron chi connectivity index (χ4n) is 3.45. The van der Waals surface area contributed by atoms with Crippen LogP contribution < -0.4 is 0 Å². The number of thiophene rings is 1. The Bertz CT molecular complexity index is 574. The van der Waals surface area contributed by atoms with Crippen LogP contribution in [-0.4, -0.2) is 40.2 Å². The van der Waals surface area contributed by atoms with Crippen LogP contribution >= 0.6 is 22.9 Å². The second-order valence-electron chi connectivity index (χ2n) is 5.68. The van der Waals surface area contributed by atoms with Crippen LogP contribution in [0, 0.1) is 0 Å². The lowest BCUT2D eigenvalue weighted by atomic mass is 10.0. The molecule has 6 heteroatoms. The summed E-state index contributed by atoms with van der Waals surface area (Å²) in [5.41, 5.74) is 0. The molecule has 0 aromatic carbocycles. The lowest BCUT2D eigenvalue weighted by molar-refractivity contribution is -0.162. The van der Waals surface area contributed by atoms with Gasteiger partial charge < -0.3 is 9.80 Å². The van der Waals surface area contributed by atoms with Gasteiger partial charge in [-0.1, -0.05) is 18.5 Å². The number of amides is 2. The third kappa shape index (κ3) is 2.36. The molecule has 2 fully saturated rings. The van der Waals surface area contributed by atoms with Gasteiger partial charge in [0, 0.05) is 11.4 Å². The molecule has 2 saturated heterocycles. The van der Waals surface area contributed by atoms with Crippen LogP contribution in [-0.2, 0) is 9.59 Å². The Morgan fingerprint density at radius 1 is 1.38 bits per heavy atom. The summed E-state index contributed by atoms with van der Waals surface area (Å²) in [6.45, 7) is 4.67. The van der Waals surface area contributed by atoms with E-state index in [4.69, 9.17) is 11.6 Å². The first-order valence-corrected chi connectivity index (χ1v) is 8.62. The molecule has 4 nitrogen and oxygen atoms in total. The Balaban J connectivity index is 1.94. The summed E-state index contributed by atoms with van der Waals surface area (Å²) in [4.78, 5) is 30.1. The van der Waals surface area contributed by atoms with E-state index in [1.807, 2.05) is 26.0 Å². The zero-order valence-corrected chi connectivity index (χ0v) is 13.8. The van der Waals surface area contributed by atoms with Crippen molar-refractivity contribution in [2.75, 3.05) is 6.54 Å². The lowest BCUT2D eigenvalue weighted by Crippen LogP contribution is -2.62. The van der Waals surface area contributed by atoms with E-state index in [0.29, 0.717) is 10.8 Å². The molecule has 0 radical (unpaired) electrons. The quantitative estimate of drug-likeness (QED) is 0.856. The van der Waals surface area contributed by atoms with Gasteiger partial charge in [-0.15, -0.1) is 11.3 Å². The average Bonchev–Trinajstić information content (AvgIpc) is 3.10. The van der Waals surface area contributed by atoms with Crippen molar-refractivity contribution < 1.29 is 9.59 Å². The first kappa shape index (κ1) is 14.9. The van der Waals surface area contributed by atoms with Gasteiger partial charge in [-0.25, -0.2) is 0 Å². The van der Waals surface area contributed by atoms with Crippen molar-refractivity contribution in [3.05, 3.63) is 21.3 Å². The van der Waals surface area contributed by atoms with E-state index in [1.54, 1.807) is 9.80 Å². The molecule has 3 rings (SSSR count). The van der Waals surface area contributed by atoms with Crippen LogP contribution in [0.5, 0.6) is 0 Å². The van der Waals surface area contributed by atoms with Crippen molar-refractivity contribution in [1.82, 2.24) is 9.80 Å². The molecule has 1 aromatic heterocycles. The summed E-state index contributed by atoms with van der Waals surface area (Å²) in [6, 6.07) is 3.09. The van der Waals surface area contributed by atoms with Crippen LogP contribution in [0.4, 0.5) is 0 Å². The molecule has 0 saturated carbocycles. The zero-order valence-electron chi connectivity index (χ0n) is 12.2. The Morgan fingerprint density at radius 3 is 2.76 bits per heavy atom. The van der Waals surface area contributed by atoms with E-state index < -0.39 is 0 Å². The summed E-state index contributed by atoms with van der Waals surface area (Å²) in [7, 11) is 0. The van der Waals surface area contributed by atoms with Crippen LogP contribution in [0.1, 0.15) is 44.0 Å². The number of rotatable bonds is 3. The summed E-state index contributed by atoms with van der Waals surface area (Å²) < 4.78 is 0.711. The number of hydrogen-bond acceptors (Lipinski definition) is 3. The number of fused-ring (bicyclic) bond motifs is 1. The van der Waals surface area contributed by atoms with Crippen LogP contribution in [0.3, 0.4) is 0 Å². The van der Waals surface area contributed by atoms with E-state index in [0.717, 1.165) is 24.3 Å². The normalized spacial score (nSPS) is 27.2. The maximum absolute atomic E-state index is 12.8. The summed E-state index contributed by atoms with van der Waals surface area (Å²) in [5, 5.41) is 0. The molecule has 2 aliphatic rings. The molecule has 3 heterocycles. The van der Waals surface area contributed by atoms with Crippen LogP contribution in [0.15, 0.2) is 12.1 Å². The standard InChI is InChI=1S/C15H19ClN2O2S/c1-3-10-14(19)17-8-4-5-11(17)15(20)18(10)9(2)12-6-7-13(16)21-12/h6-7,9-11H,3-5,8H2,1-2H3. The van der Waals surface area contributed by atoms with Crippen molar-refractivity contribution >= 4 is 34.8 Å². The molecule has 2 amide bonds. The van der Waals surface area contributed by atoms with Gasteiger partial charge in [0.05, 0.1) is 10.4 Å². The number of piperazine rings is 1. The van der Waals surface area contributed by atoms with Gasteiger partial charge >= 0.3 is 0 Å². The molecule has 0 N–H and O–H groups in total. The molecule has 0 spiro atoms. The molecule has 2 aliphatic heterocycles. The smallest absolute Gasteiger partial charge is 0.246 e. The summed E-state index contributed by atoms with van der Waals surface area (Å²) in [6.07, 6.45) is 2.36. The van der Waals surface area contributed by atoms with E-state index in [9.17, 15) is 9.59 Å². The lowest BCUT2D eigenvalue weighted by Gasteiger charge is -2.44. The Hall–Kier alpha value is -1.07. The molecule has 21 heavy (non-hydrogen) atoms. The minimum atomic E-state index is -0.345. The highest BCUT2D eigenvalue weighted by Crippen LogP contribution is 2.37. The van der Waals surface area contributed by atoms with Crippen molar-refractivity contribution in [3.63, 3.8) is 0 Å². The number of nitrogens with zero attached hydrogens (tertiary/aromatic N) is 2. The van der Waals surface area contributed by atoms with Gasteiger partial charge in [0.2, 0.25) is 11.8 Å². The highest BCUT2D eigenvalue weighted by Gasteiger charge is 2.48. The van der Waals surface area contributed by atoms with Gasteiger partial charge in [-0.3, -0.25) is 9.59 Å². The molecule has 0 aliphatic carbocycles. The Labute approximate surface area is 133 Å². The molecular formula is C15H19ClN2O2S. The number of halogens is 1. The minimum absolute atomic E-state index is 0.0935. The first-order chi connectivity index (χ1) is 10.0. The number of carbonyl (C=O) groups excluding carboxylic acids is 2. The predicted molar refractivity (Wildman–Crippen MR) is 83.4 cm³/mol. The van der Waals surface area contributed by atoms with Gasteiger partial charge in [-0.05, 0) is 38.3 Å². The number of hydrogen-bond donors (Lipinski definition) is 0. The Kier molecular flexibility index (Phi) is 3.97. The molecular weight excluding hydrogens is 308 g/mol. The van der Waals surface area contributed by atoms with Crippen molar-refractivity contribution in [2.45, 2.75) is 51.2 Å². The average molecular weight is 327 g/mol. The predicted octanol–water partition coefficient (Wildman–Crippen LogP) is 3.07. The zero-order chi connectivity index (χ0) is 15.1. The Morgan fingerprint density at radius 2 is 2.14 bits per heavy atom. The summed E-state index contributed by atoms with van der Waals surface area (Å²) >= 11 is 7.48. The third-order valence-corrected chi connectivity index (χ3v) is 5.91. The molecule has 3 unspecified atom stereocenters. The number of carbonyl (C=O) groups is 2. The molecule has 1 aromatic rings. The van der Waals surface area contributed by atoms with E-state index in [-0.39, 0.29) is 29.9 Å². The SMILES string of the molecule is CCC1C(=O)N2CCCC2C(=O)N1C(C)c1ccc(Cl)s1. The second kappa shape index (κ2) is 5.61. The topological polar surface area (TPSA) is 40.6 Å². The summed E-state index contributed by atoms with van der Waals surface area (Å²) in [5.74, 6) is 0.199. The fourth-order valence-corrected chi connectivity index (χ4v) is 4.56. The maximum Gasteiger partial charge on any atom is 0.246 e. The fraction of sp³-hybridized carbons (Fsp3) is 0.600. The molecule has 3 atom stereocenters. The van der Waals surface area contributed by atoms with Crippen LogP contribution in [0.2, 0.25) is 4.34 Å². The highest BCUT2D eigenvalue weighted by atomic mass is 35.5. The van der Waals surface area contributed by atoms with Crippen molar-refractivity contribution in [2.24, 2.45) is 0 Å². The van der Waals surface area contributed by atoms with Gasteiger partial charge in [0.1, 0.15) is 12.1 Å². The largest absolute Gasteiger partial charge is 0.329 e. The minimum Gasteiger partial charge on any atom is -0.329 e. The van der Waals surface area contributed by atoms with E-state index in [2.05, 4.69) is 0 Å². The second-order valence-corrected chi connectivity index (χ2v) is 7.42. The van der Waals surface area contributed by atoms with E-state index in [1.165, 1.54) is 11.3 Å². The van der Waals surface area contributed by atoms with Gasteiger partial charge in [-0.2, -0.15) is 0 Å². The maximum atomic E-state index is 12.8. The van der Waals surface area contributed by atoms with Gasteiger partial charge in [0.15, 0.2) is 0 Å². The van der Waals surface area contributed by atoms with Gasteiger partial charge in [0.25, 0.3) is 0 Å². The monoisotopic (exact) mass is 326 g/mol. The highest BCUT2D eigenvalue weighted by molar-refractivity contribution is 7.16.